The zero-order valence-corrected chi connectivity index (χ0v) is 44.8. The third kappa shape index (κ3) is 50.1. The summed E-state index contributed by atoms with van der Waals surface area (Å²) in [7, 11) is 0. The van der Waals surface area contributed by atoms with Crippen molar-refractivity contribution < 1.29 is 0 Å². The number of unbranched alkanes of at least 4 members (excludes halogenated alkanes) is 34. The SMILES string of the molecule is CCCCCCCCCCCCCCCCCCCC(C)CCCN(C=CNC=CN(CCCC)CCCC)CCCC(C)CCCCCCCCCCCCCCCCCCC. The first-order chi connectivity index (χ1) is 31.1. The molecule has 0 bridgehead atoms. The normalized spacial score (nSPS) is 12.9. The lowest BCUT2D eigenvalue weighted by Gasteiger charge is -2.22. The van der Waals surface area contributed by atoms with E-state index in [9.17, 15) is 0 Å². The van der Waals surface area contributed by atoms with Gasteiger partial charge in [-0.05, 0) is 50.4 Å². The molecule has 0 aromatic heterocycles. The van der Waals surface area contributed by atoms with Crippen LogP contribution >= 0.6 is 0 Å². The van der Waals surface area contributed by atoms with Crippen molar-refractivity contribution in [3.05, 3.63) is 24.8 Å². The fraction of sp³-hybridized carbons (Fsp3) is 0.933. The van der Waals surface area contributed by atoms with E-state index in [1.165, 1.54) is 309 Å². The molecule has 0 aliphatic rings. The zero-order chi connectivity index (χ0) is 45.8. The molecule has 63 heavy (non-hydrogen) atoms. The van der Waals surface area contributed by atoms with E-state index in [-0.39, 0.29) is 0 Å². The lowest BCUT2D eigenvalue weighted by Crippen LogP contribution is -2.22. The molecular formula is C60H121N3. The minimum Gasteiger partial charge on any atom is -0.376 e. The minimum atomic E-state index is 0.856. The van der Waals surface area contributed by atoms with E-state index in [1.807, 2.05) is 0 Å². The Morgan fingerprint density at radius 2 is 0.476 bits per heavy atom. The van der Waals surface area contributed by atoms with Gasteiger partial charge in [-0.15, -0.1) is 0 Å². The van der Waals surface area contributed by atoms with Gasteiger partial charge >= 0.3 is 0 Å². The summed E-state index contributed by atoms with van der Waals surface area (Å²) in [5.74, 6) is 1.71. The summed E-state index contributed by atoms with van der Waals surface area (Å²) in [6.45, 7) is 19.0. The summed E-state index contributed by atoms with van der Waals surface area (Å²) in [5.41, 5.74) is 0. The second-order valence-electron chi connectivity index (χ2n) is 21.0. The van der Waals surface area contributed by atoms with Crippen molar-refractivity contribution in [2.75, 3.05) is 26.2 Å². The quantitative estimate of drug-likeness (QED) is 0.0614. The average Bonchev–Trinajstić information content (AvgIpc) is 3.28. The van der Waals surface area contributed by atoms with E-state index >= 15 is 0 Å². The van der Waals surface area contributed by atoms with Gasteiger partial charge in [0.1, 0.15) is 0 Å². The van der Waals surface area contributed by atoms with Crippen LogP contribution in [-0.2, 0) is 0 Å². The van der Waals surface area contributed by atoms with E-state index in [0.29, 0.717) is 0 Å². The maximum Gasteiger partial charge on any atom is 0.0173 e. The van der Waals surface area contributed by atoms with Gasteiger partial charge in [-0.1, -0.05) is 286 Å². The highest BCUT2D eigenvalue weighted by Gasteiger charge is 2.08. The van der Waals surface area contributed by atoms with Crippen LogP contribution in [0.25, 0.3) is 0 Å². The standard InChI is InChI=1S/C60H121N3/c1-7-11-15-17-19-21-23-25-27-29-31-33-35-37-39-41-43-47-59(5)49-45-55-63(58-52-61-51-57-62(53-13-9-3)54-14-10-4)56-46-50-60(6)48-44-42-40-38-36-34-32-30-28-26-24-22-20-18-16-12-8-2/h51-52,57-61H,7-50,53-56H2,1-6H3. The van der Waals surface area contributed by atoms with Crippen molar-refractivity contribution in [2.24, 2.45) is 11.8 Å². The molecule has 0 fully saturated rings. The Labute approximate surface area is 400 Å². The molecule has 3 heteroatoms. The van der Waals surface area contributed by atoms with Gasteiger partial charge in [-0.2, -0.15) is 0 Å². The van der Waals surface area contributed by atoms with Crippen molar-refractivity contribution in [1.29, 1.82) is 0 Å². The highest BCUT2D eigenvalue weighted by Crippen LogP contribution is 2.20. The molecule has 0 aromatic rings. The smallest absolute Gasteiger partial charge is 0.0173 e. The number of rotatable bonds is 54. The highest BCUT2D eigenvalue weighted by atomic mass is 15.1. The summed E-state index contributed by atoms with van der Waals surface area (Å²) >= 11 is 0. The van der Waals surface area contributed by atoms with Crippen LogP contribution in [0.2, 0.25) is 0 Å². The molecule has 0 rings (SSSR count). The first-order valence-electron chi connectivity index (χ1n) is 29.6. The van der Waals surface area contributed by atoms with Gasteiger partial charge in [-0.3, -0.25) is 0 Å². The van der Waals surface area contributed by atoms with Crippen LogP contribution < -0.4 is 5.32 Å². The van der Waals surface area contributed by atoms with Gasteiger partial charge < -0.3 is 15.1 Å². The molecule has 376 valence electrons. The molecule has 0 aliphatic heterocycles. The van der Waals surface area contributed by atoms with Crippen LogP contribution in [0.4, 0.5) is 0 Å². The van der Waals surface area contributed by atoms with Gasteiger partial charge in [-0.25, -0.2) is 0 Å². The molecule has 0 amide bonds. The molecular weight excluding hydrogens is 763 g/mol. The summed E-state index contributed by atoms with van der Waals surface area (Å²) in [6, 6.07) is 0. The van der Waals surface area contributed by atoms with Crippen molar-refractivity contribution in [3.8, 4) is 0 Å². The molecule has 0 heterocycles. The van der Waals surface area contributed by atoms with E-state index in [4.69, 9.17) is 0 Å². The van der Waals surface area contributed by atoms with Crippen LogP contribution in [0.5, 0.6) is 0 Å². The highest BCUT2D eigenvalue weighted by molar-refractivity contribution is 4.89. The molecule has 0 radical (unpaired) electrons. The molecule has 1 N–H and O–H groups in total. The Morgan fingerprint density at radius 3 is 0.730 bits per heavy atom. The van der Waals surface area contributed by atoms with Crippen molar-refractivity contribution in [2.45, 2.75) is 324 Å². The fourth-order valence-corrected chi connectivity index (χ4v) is 9.61. The molecule has 3 nitrogen and oxygen atoms in total. The number of nitrogens with one attached hydrogen (secondary N) is 1. The van der Waals surface area contributed by atoms with Gasteiger partial charge in [0, 0.05) is 51.0 Å². The second kappa shape index (κ2) is 53.5. The van der Waals surface area contributed by atoms with Crippen LogP contribution in [0.3, 0.4) is 0 Å². The van der Waals surface area contributed by atoms with Gasteiger partial charge in [0.25, 0.3) is 0 Å². The van der Waals surface area contributed by atoms with Gasteiger partial charge in [0.15, 0.2) is 0 Å². The zero-order valence-electron chi connectivity index (χ0n) is 44.8. The van der Waals surface area contributed by atoms with Gasteiger partial charge in [0.2, 0.25) is 0 Å². The third-order valence-electron chi connectivity index (χ3n) is 14.2. The van der Waals surface area contributed by atoms with Crippen LogP contribution in [-0.4, -0.2) is 36.0 Å². The lowest BCUT2D eigenvalue weighted by molar-refractivity contribution is 0.321. The lowest BCUT2D eigenvalue weighted by atomic mass is 9.96. The van der Waals surface area contributed by atoms with Crippen molar-refractivity contribution >= 4 is 0 Å². The summed E-state index contributed by atoms with van der Waals surface area (Å²) in [4.78, 5) is 5.12. The van der Waals surface area contributed by atoms with Crippen LogP contribution in [0.15, 0.2) is 24.8 Å². The van der Waals surface area contributed by atoms with Crippen LogP contribution in [0, 0.1) is 11.8 Å². The second-order valence-corrected chi connectivity index (χ2v) is 21.0. The van der Waals surface area contributed by atoms with Crippen LogP contribution in [0.1, 0.15) is 324 Å². The Balaban J connectivity index is 4.27. The molecule has 0 spiro atoms. The van der Waals surface area contributed by atoms with Gasteiger partial charge in [0.05, 0.1) is 0 Å². The molecule has 0 saturated carbocycles. The number of nitrogens with zero attached hydrogens (tertiary/aromatic N) is 2. The predicted molar refractivity (Wildman–Crippen MR) is 289 cm³/mol. The molecule has 0 aliphatic carbocycles. The fourth-order valence-electron chi connectivity index (χ4n) is 9.61. The third-order valence-corrected chi connectivity index (χ3v) is 14.2. The Bertz CT molecular complexity index is 825. The number of hydrogen-bond acceptors (Lipinski definition) is 3. The molecule has 0 aromatic carbocycles. The summed E-state index contributed by atoms with van der Waals surface area (Å²) < 4.78 is 0. The minimum absolute atomic E-state index is 0.856. The first-order valence-corrected chi connectivity index (χ1v) is 29.6. The monoisotopic (exact) mass is 884 g/mol. The van der Waals surface area contributed by atoms with Crippen molar-refractivity contribution in [1.82, 2.24) is 15.1 Å². The van der Waals surface area contributed by atoms with E-state index < -0.39 is 0 Å². The molecule has 2 atom stereocenters. The Kier molecular flexibility index (Phi) is 52.5. The van der Waals surface area contributed by atoms with E-state index in [0.717, 1.165) is 11.8 Å². The van der Waals surface area contributed by atoms with E-state index in [1.54, 1.807) is 0 Å². The number of hydrogen-bond donors (Lipinski definition) is 1. The van der Waals surface area contributed by atoms with Crippen molar-refractivity contribution in [3.63, 3.8) is 0 Å². The maximum absolute atomic E-state index is 3.50. The Morgan fingerprint density at radius 1 is 0.270 bits per heavy atom. The Hall–Kier alpha value is -1.12. The first kappa shape index (κ1) is 61.9. The molecule has 2 unspecified atom stereocenters. The largest absolute Gasteiger partial charge is 0.376 e. The summed E-state index contributed by atoms with van der Waals surface area (Å²) in [6.07, 6.45) is 71.9. The molecule has 0 saturated heterocycles. The average molecular weight is 885 g/mol. The topological polar surface area (TPSA) is 18.5 Å². The van der Waals surface area contributed by atoms with E-state index in [2.05, 4.69) is 81.5 Å². The maximum atomic E-state index is 3.50. The summed E-state index contributed by atoms with van der Waals surface area (Å²) in [5, 5.41) is 3.50. The predicted octanol–water partition coefficient (Wildman–Crippen LogP) is 20.6.